The van der Waals surface area contributed by atoms with Gasteiger partial charge in [0.15, 0.2) is 5.78 Å². The molecule has 1 aliphatic heterocycles. The van der Waals surface area contributed by atoms with Gasteiger partial charge >= 0.3 is 6.36 Å². The normalized spacial score (nSPS) is 18.2. The lowest BCUT2D eigenvalue weighted by Gasteiger charge is -2.25. The first-order valence-corrected chi connectivity index (χ1v) is 11.8. The second-order valence-electron chi connectivity index (χ2n) is 9.31. The molecular weight excluding hydrogens is 502 g/mol. The van der Waals surface area contributed by atoms with Gasteiger partial charge in [0.05, 0.1) is 6.04 Å². The van der Waals surface area contributed by atoms with E-state index in [4.69, 9.17) is 0 Å². The van der Waals surface area contributed by atoms with Gasteiger partial charge in [0.2, 0.25) is 17.7 Å². The molecule has 0 spiro atoms. The van der Waals surface area contributed by atoms with Crippen molar-refractivity contribution in [3.05, 3.63) is 35.6 Å². The van der Waals surface area contributed by atoms with Crippen LogP contribution >= 0.6 is 0 Å². The molecule has 0 aliphatic carbocycles. The monoisotopic (exact) mass is 533 g/mol. The van der Waals surface area contributed by atoms with Crippen LogP contribution in [0.1, 0.15) is 38.7 Å². The number of Topliss-reactive ketones (excluding diaryl/α,β-unsaturated/α-hetero) is 1. The standard InChI is InChI=1S/C24H31F4N3O6/c1-13(2)8-19(32)23(36)31-18(10-14-4-3-5-16(25)9-14)22(35)30-17(11-15-6-7-29-21(15)34)20(33)12-37-24(26,27)28/h3-5,9,13,15,17-19,32H,6-8,10-12H2,1-2H3,(H,29,34)(H,30,35)(H,31,36)/t15-,17?,18?,19?/m0/s1. The molecule has 3 amide bonds. The maximum absolute atomic E-state index is 13.7. The molecule has 1 aromatic rings. The van der Waals surface area contributed by atoms with E-state index in [1.54, 1.807) is 13.8 Å². The number of hydrogen-bond acceptors (Lipinski definition) is 6. The van der Waals surface area contributed by atoms with Crippen LogP contribution in [0.4, 0.5) is 17.6 Å². The van der Waals surface area contributed by atoms with Crippen molar-refractivity contribution in [2.75, 3.05) is 13.2 Å². The highest BCUT2D eigenvalue weighted by Crippen LogP contribution is 2.20. The van der Waals surface area contributed by atoms with Crippen LogP contribution in [0.15, 0.2) is 24.3 Å². The van der Waals surface area contributed by atoms with Gasteiger partial charge in [0.25, 0.3) is 0 Å². The van der Waals surface area contributed by atoms with E-state index in [-0.39, 0.29) is 25.2 Å². The van der Waals surface area contributed by atoms with E-state index in [0.29, 0.717) is 18.5 Å². The highest BCUT2D eigenvalue weighted by Gasteiger charge is 2.36. The van der Waals surface area contributed by atoms with Crippen molar-refractivity contribution in [1.82, 2.24) is 16.0 Å². The van der Waals surface area contributed by atoms with Gasteiger partial charge in [0.1, 0.15) is 24.6 Å². The Morgan fingerprint density at radius 3 is 2.41 bits per heavy atom. The van der Waals surface area contributed by atoms with Crippen molar-refractivity contribution >= 4 is 23.5 Å². The largest absolute Gasteiger partial charge is 0.522 e. The van der Waals surface area contributed by atoms with E-state index >= 15 is 0 Å². The number of ether oxygens (including phenoxy) is 1. The fourth-order valence-corrected chi connectivity index (χ4v) is 3.88. The summed E-state index contributed by atoms with van der Waals surface area (Å²) >= 11 is 0. The summed E-state index contributed by atoms with van der Waals surface area (Å²) in [5.74, 6) is -4.77. The van der Waals surface area contributed by atoms with Gasteiger partial charge in [-0.1, -0.05) is 26.0 Å². The van der Waals surface area contributed by atoms with Gasteiger partial charge in [-0.3, -0.25) is 23.9 Å². The van der Waals surface area contributed by atoms with E-state index in [2.05, 4.69) is 20.7 Å². The predicted octanol–water partition coefficient (Wildman–Crippen LogP) is 1.38. The van der Waals surface area contributed by atoms with Crippen molar-refractivity contribution in [2.24, 2.45) is 11.8 Å². The van der Waals surface area contributed by atoms with Crippen LogP contribution in [0, 0.1) is 17.7 Å². The van der Waals surface area contributed by atoms with Crippen molar-refractivity contribution in [3.8, 4) is 0 Å². The number of carbonyl (C=O) groups is 4. The number of halogens is 4. The maximum Gasteiger partial charge on any atom is 0.522 e. The molecule has 1 saturated heterocycles. The molecule has 0 radical (unpaired) electrons. The number of ketones is 1. The number of aliphatic hydroxyl groups is 1. The summed E-state index contributed by atoms with van der Waals surface area (Å²) < 4.78 is 54.8. The first-order chi connectivity index (χ1) is 17.2. The molecule has 206 valence electrons. The van der Waals surface area contributed by atoms with Gasteiger partial charge in [-0.25, -0.2) is 4.39 Å². The highest BCUT2D eigenvalue weighted by atomic mass is 19.4. The lowest BCUT2D eigenvalue weighted by atomic mass is 9.95. The van der Waals surface area contributed by atoms with Crippen molar-refractivity contribution in [1.29, 1.82) is 0 Å². The van der Waals surface area contributed by atoms with Gasteiger partial charge < -0.3 is 21.1 Å². The Kier molecular flexibility index (Phi) is 11.0. The minimum atomic E-state index is -5.09. The molecule has 9 nitrogen and oxygen atoms in total. The quantitative estimate of drug-likeness (QED) is 0.283. The molecule has 1 heterocycles. The molecule has 4 atom stereocenters. The van der Waals surface area contributed by atoms with Crippen molar-refractivity contribution < 1.29 is 46.6 Å². The molecule has 0 bridgehead atoms. The van der Waals surface area contributed by atoms with Crippen LogP contribution in [0.25, 0.3) is 0 Å². The summed E-state index contributed by atoms with van der Waals surface area (Å²) in [5, 5.41) is 17.4. The number of hydrogen-bond donors (Lipinski definition) is 4. The number of benzene rings is 1. The zero-order chi connectivity index (χ0) is 27.8. The molecule has 3 unspecified atom stereocenters. The van der Waals surface area contributed by atoms with E-state index in [1.165, 1.54) is 18.2 Å². The number of amides is 3. The lowest BCUT2D eigenvalue weighted by Crippen LogP contribution is -2.55. The summed E-state index contributed by atoms with van der Waals surface area (Å²) in [4.78, 5) is 50.2. The molecule has 0 saturated carbocycles. The molecule has 1 aliphatic rings. The molecule has 37 heavy (non-hydrogen) atoms. The summed E-state index contributed by atoms with van der Waals surface area (Å²) in [5.41, 5.74) is 0.303. The smallest absolute Gasteiger partial charge is 0.383 e. The molecular formula is C24H31F4N3O6. The third-order valence-electron chi connectivity index (χ3n) is 5.73. The van der Waals surface area contributed by atoms with Gasteiger partial charge in [-0.2, -0.15) is 0 Å². The Balaban J connectivity index is 2.24. The first-order valence-electron chi connectivity index (χ1n) is 11.8. The van der Waals surface area contributed by atoms with E-state index < -0.39 is 66.4 Å². The summed E-state index contributed by atoms with van der Waals surface area (Å²) in [6.45, 7) is 2.46. The van der Waals surface area contributed by atoms with Crippen LogP contribution in [0.5, 0.6) is 0 Å². The fourth-order valence-electron chi connectivity index (χ4n) is 3.88. The molecule has 2 rings (SSSR count). The maximum atomic E-state index is 13.7. The molecule has 4 N–H and O–H groups in total. The number of alkyl halides is 3. The second kappa shape index (κ2) is 13.5. The van der Waals surface area contributed by atoms with E-state index in [1.807, 2.05) is 0 Å². The number of carbonyl (C=O) groups excluding carboxylic acids is 4. The van der Waals surface area contributed by atoms with Crippen LogP contribution in [0.3, 0.4) is 0 Å². The fraction of sp³-hybridized carbons (Fsp3) is 0.583. The Morgan fingerprint density at radius 1 is 1.16 bits per heavy atom. The number of nitrogens with one attached hydrogen (secondary N) is 3. The zero-order valence-corrected chi connectivity index (χ0v) is 20.4. The summed E-state index contributed by atoms with van der Waals surface area (Å²) in [6.07, 6.45) is -6.67. The molecule has 1 aromatic carbocycles. The average molecular weight is 534 g/mol. The zero-order valence-electron chi connectivity index (χ0n) is 20.4. The van der Waals surface area contributed by atoms with Gasteiger partial charge in [-0.15, -0.1) is 13.2 Å². The number of aliphatic hydroxyl groups excluding tert-OH is 1. The Labute approximate surface area is 211 Å². The van der Waals surface area contributed by atoms with Crippen LogP contribution in [-0.4, -0.2) is 66.3 Å². The summed E-state index contributed by atoms with van der Waals surface area (Å²) in [6, 6.07) is 2.23. The first kappa shape index (κ1) is 30.2. The topological polar surface area (TPSA) is 134 Å². The Morgan fingerprint density at radius 2 is 1.84 bits per heavy atom. The summed E-state index contributed by atoms with van der Waals surface area (Å²) in [7, 11) is 0. The molecule has 13 heteroatoms. The minimum absolute atomic E-state index is 0.0514. The third kappa shape index (κ3) is 10.4. The van der Waals surface area contributed by atoms with Gasteiger partial charge in [0, 0.05) is 18.9 Å². The SMILES string of the molecule is CC(C)CC(O)C(=O)NC(Cc1cccc(F)c1)C(=O)NC(C[C@@H]1CCNC1=O)C(=O)COC(F)(F)F. The molecule has 0 aromatic heterocycles. The number of rotatable bonds is 13. The lowest BCUT2D eigenvalue weighted by molar-refractivity contribution is -0.321. The van der Waals surface area contributed by atoms with Crippen LogP contribution in [-0.2, 0) is 30.3 Å². The van der Waals surface area contributed by atoms with Crippen LogP contribution in [0.2, 0.25) is 0 Å². The minimum Gasteiger partial charge on any atom is -0.383 e. The van der Waals surface area contributed by atoms with Gasteiger partial charge in [-0.05, 0) is 42.9 Å². The van der Waals surface area contributed by atoms with Crippen molar-refractivity contribution in [2.45, 2.75) is 64.1 Å². The van der Waals surface area contributed by atoms with Crippen molar-refractivity contribution in [3.63, 3.8) is 0 Å². The average Bonchev–Trinajstić information content (AvgIpc) is 3.19. The van der Waals surface area contributed by atoms with Crippen LogP contribution < -0.4 is 16.0 Å². The van der Waals surface area contributed by atoms with E-state index in [0.717, 1.165) is 6.07 Å². The molecule has 1 fully saturated rings. The highest BCUT2D eigenvalue weighted by molar-refractivity contribution is 5.94. The second-order valence-corrected chi connectivity index (χ2v) is 9.31. The Bertz CT molecular complexity index is 972. The predicted molar refractivity (Wildman–Crippen MR) is 122 cm³/mol. The van der Waals surface area contributed by atoms with E-state index in [9.17, 15) is 41.8 Å². The third-order valence-corrected chi connectivity index (χ3v) is 5.73. The Hall–Kier alpha value is -3.06.